The van der Waals surface area contributed by atoms with Gasteiger partial charge in [-0.2, -0.15) is 0 Å². The molecule has 0 aliphatic heterocycles. The number of hydrogen-bond donors (Lipinski definition) is 1. The average Bonchev–Trinajstić information content (AvgIpc) is 2.60. The Morgan fingerprint density at radius 2 is 2.00 bits per heavy atom. The SMILES string of the molecule is O=C(Cl)C(=O)c1c[nH]c2c1CCCC2. The van der Waals surface area contributed by atoms with E-state index in [0.717, 1.165) is 36.9 Å². The summed E-state index contributed by atoms with van der Waals surface area (Å²) in [7, 11) is 0. The number of H-pyrrole nitrogens is 1. The van der Waals surface area contributed by atoms with E-state index in [1.54, 1.807) is 6.20 Å². The first-order valence-electron chi connectivity index (χ1n) is 4.63. The molecule has 1 aliphatic rings. The Morgan fingerprint density at radius 1 is 1.29 bits per heavy atom. The molecule has 3 nitrogen and oxygen atoms in total. The number of halogens is 1. The van der Waals surface area contributed by atoms with E-state index in [-0.39, 0.29) is 0 Å². The number of aromatic nitrogens is 1. The van der Waals surface area contributed by atoms with Gasteiger partial charge in [-0.25, -0.2) is 0 Å². The number of fused-ring (bicyclic) bond motifs is 1. The van der Waals surface area contributed by atoms with Crippen LogP contribution in [0.25, 0.3) is 0 Å². The van der Waals surface area contributed by atoms with Crippen molar-refractivity contribution in [3.05, 3.63) is 23.0 Å². The van der Waals surface area contributed by atoms with Crippen LogP contribution >= 0.6 is 11.6 Å². The van der Waals surface area contributed by atoms with Crippen molar-refractivity contribution in [1.82, 2.24) is 4.98 Å². The van der Waals surface area contributed by atoms with Crippen molar-refractivity contribution in [2.45, 2.75) is 25.7 Å². The van der Waals surface area contributed by atoms with Crippen LogP contribution < -0.4 is 0 Å². The monoisotopic (exact) mass is 211 g/mol. The van der Waals surface area contributed by atoms with Gasteiger partial charge < -0.3 is 4.98 Å². The van der Waals surface area contributed by atoms with Crippen molar-refractivity contribution in [1.29, 1.82) is 0 Å². The highest BCUT2D eigenvalue weighted by atomic mass is 35.5. The predicted octanol–water partition coefficient (Wildman–Crippen LogP) is 1.84. The molecular formula is C10H10ClNO2. The Hall–Kier alpha value is -1.09. The van der Waals surface area contributed by atoms with Gasteiger partial charge >= 0.3 is 0 Å². The van der Waals surface area contributed by atoms with Crippen LogP contribution in [0.2, 0.25) is 0 Å². The summed E-state index contributed by atoms with van der Waals surface area (Å²) in [5.74, 6) is -0.592. The molecule has 0 spiro atoms. The number of carbonyl (C=O) groups is 2. The van der Waals surface area contributed by atoms with E-state index >= 15 is 0 Å². The lowest BCUT2D eigenvalue weighted by atomic mass is 9.94. The molecular weight excluding hydrogens is 202 g/mol. The smallest absolute Gasteiger partial charge is 0.293 e. The average molecular weight is 212 g/mol. The number of rotatable bonds is 2. The Kier molecular flexibility index (Phi) is 2.42. The number of aryl methyl sites for hydroxylation is 1. The largest absolute Gasteiger partial charge is 0.364 e. The highest BCUT2D eigenvalue weighted by molar-refractivity contribution is 6.83. The number of nitrogens with one attached hydrogen (secondary N) is 1. The van der Waals surface area contributed by atoms with Gasteiger partial charge in [0.2, 0.25) is 5.78 Å². The third-order valence-corrected chi connectivity index (χ3v) is 2.78. The summed E-state index contributed by atoms with van der Waals surface area (Å²) in [5.41, 5.74) is 2.52. The Balaban J connectivity index is 2.39. The van der Waals surface area contributed by atoms with Crippen molar-refractivity contribution in [2.75, 3.05) is 0 Å². The van der Waals surface area contributed by atoms with Gasteiger partial charge in [0.15, 0.2) is 0 Å². The standard InChI is InChI=1S/C10H10ClNO2/c11-10(14)9(13)7-5-12-8-4-2-1-3-6(7)8/h5,12H,1-4H2. The van der Waals surface area contributed by atoms with Crippen molar-refractivity contribution < 1.29 is 9.59 Å². The van der Waals surface area contributed by atoms with E-state index in [4.69, 9.17) is 11.6 Å². The highest BCUT2D eigenvalue weighted by Crippen LogP contribution is 2.24. The molecule has 14 heavy (non-hydrogen) atoms. The summed E-state index contributed by atoms with van der Waals surface area (Å²) < 4.78 is 0. The minimum Gasteiger partial charge on any atom is -0.364 e. The van der Waals surface area contributed by atoms with E-state index < -0.39 is 11.0 Å². The Morgan fingerprint density at radius 3 is 2.71 bits per heavy atom. The number of hydrogen-bond acceptors (Lipinski definition) is 2. The second kappa shape index (κ2) is 3.58. The van der Waals surface area contributed by atoms with Crippen LogP contribution in [-0.4, -0.2) is 16.0 Å². The van der Waals surface area contributed by atoms with Crippen LogP contribution in [0, 0.1) is 0 Å². The minimum absolute atomic E-state index is 0.458. The lowest BCUT2D eigenvalue weighted by Crippen LogP contribution is -2.11. The molecule has 1 heterocycles. The van der Waals surface area contributed by atoms with Crippen LogP contribution in [0.1, 0.15) is 34.5 Å². The maximum absolute atomic E-state index is 11.4. The van der Waals surface area contributed by atoms with Gasteiger partial charge in [-0.05, 0) is 42.8 Å². The zero-order chi connectivity index (χ0) is 10.1. The van der Waals surface area contributed by atoms with Gasteiger partial charge in [-0.1, -0.05) is 0 Å². The maximum atomic E-state index is 11.4. The summed E-state index contributed by atoms with van der Waals surface area (Å²) >= 11 is 5.16. The number of Topliss-reactive ketones (excluding diaryl/α,β-unsaturated/α-hetero) is 1. The van der Waals surface area contributed by atoms with E-state index in [2.05, 4.69) is 4.98 Å². The molecule has 0 fully saturated rings. The minimum atomic E-state index is -0.905. The fourth-order valence-electron chi connectivity index (χ4n) is 1.92. The summed E-state index contributed by atoms with van der Waals surface area (Å²) in [4.78, 5) is 25.1. The molecule has 0 amide bonds. The van der Waals surface area contributed by atoms with Gasteiger partial charge in [0, 0.05) is 17.5 Å². The zero-order valence-electron chi connectivity index (χ0n) is 7.60. The van der Waals surface area contributed by atoms with E-state index in [1.165, 1.54) is 0 Å². The molecule has 1 aromatic rings. The number of ketones is 1. The lowest BCUT2D eigenvalue weighted by molar-refractivity contribution is -0.108. The van der Waals surface area contributed by atoms with Crippen LogP contribution in [0.15, 0.2) is 6.20 Å². The number of carbonyl (C=O) groups excluding carboxylic acids is 2. The second-order valence-corrected chi connectivity index (χ2v) is 3.81. The first kappa shape index (κ1) is 9.46. The van der Waals surface area contributed by atoms with Crippen molar-refractivity contribution in [3.63, 3.8) is 0 Å². The van der Waals surface area contributed by atoms with Crippen LogP contribution in [0.3, 0.4) is 0 Å². The molecule has 0 atom stereocenters. The van der Waals surface area contributed by atoms with Crippen LogP contribution in [0.4, 0.5) is 0 Å². The molecule has 74 valence electrons. The topological polar surface area (TPSA) is 49.9 Å². The van der Waals surface area contributed by atoms with E-state index in [1.807, 2.05) is 0 Å². The molecule has 0 unspecified atom stereocenters. The van der Waals surface area contributed by atoms with Gasteiger partial charge in [0.1, 0.15) is 0 Å². The molecule has 2 rings (SSSR count). The van der Waals surface area contributed by atoms with Gasteiger partial charge in [-0.3, -0.25) is 9.59 Å². The molecule has 0 radical (unpaired) electrons. The van der Waals surface area contributed by atoms with Gasteiger partial charge in [-0.15, -0.1) is 0 Å². The first-order valence-corrected chi connectivity index (χ1v) is 5.01. The Bertz CT molecular complexity index is 395. The van der Waals surface area contributed by atoms with Crippen molar-refractivity contribution in [3.8, 4) is 0 Å². The first-order chi connectivity index (χ1) is 6.70. The zero-order valence-corrected chi connectivity index (χ0v) is 8.36. The third kappa shape index (κ3) is 1.48. The summed E-state index contributed by atoms with van der Waals surface area (Å²) in [6, 6.07) is 0. The van der Waals surface area contributed by atoms with E-state index in [0.29, 0.717) is 5.56 Å². The predicted molar refractivity (Wildman–Crippen MR) is 52.6 cm³/mol. The third-order valence-electron chi connectivity index (χ3n) is 2.61. The molecule has 4 heteroatoms. The van der Waals surface area contributed by atoms with E-state index in [9.17, 15) is 9.59 Å². The highest BCUT2D eigenvalue weighted by Gasteiger charge is 2.22. The molecule has 1 aliphatic carbocycles. The van der Waals surface area contributed by atoms with Crippen molar-refractivity contribution >= 4 is 22.6 Å². The van der Waals surface area contributed by atoms with Crippen molar-refractivity contribution in [2.24, 2.45) is 0 Å². The normalized spacial score (nSPS) is 14.9. The van der Waals surface area contributed by atoms with Crippen LogP contribution in [-0.2, 0) is 17.6 Å². The Labute approximate surface area is 86.5 Å². The molecule has 1 aromatic heterocycles. The summed E-state index contributed by atoms with van der Waals surface area (Å²) in [5, 5.41) is -0.905. The lowest BCUT2D eigenvalue weighted by Gasteiger charge is -2.11. The summed E-state index contributed by atoms with van der Waals surface area (Å²) in [6.07, 6.45) is 5.62. The molecule has 0 saturated carbocycles. The molecule has 0 aromatic carbocycles. The second-order valence-electron chi connectivity index (χ2n) is 3.47. The maximum Gasteiger partial charge on any atom is 0.293 e. The fraction of sp³-hybridized carbons (Fsp3) is 0.400. The fourth-order valence-corrected chi connectivity index (χ4v) is 2.02. The van der Waals surface area contributed by atoms with Gasteiger partial charge in [0.05, 0.1) is 0 Å². The van der Waals surface area contributed by atoms with Gasteiger partial charge in [0.25, 0.3) is 5.24 Å². The van der Waals surface area contributed by atoms with Crippen LogP contribution in [0.5, 0.6) is 0 Å². The summed E-state index contributed by atoms with van der Waals surface area (Å²) in [6.45, 7) is 0. The number of aromatic amines is 1. The molecule has 1 N–H and O–H groups in total. The molecule has 0 bridgehead atoms. The molecule has 0 saturated heterocycles. The quantitative estimate of drug-likeness (QED) is 0.461.